The molecule has 1 N–H and O–H groups in total. The van der Waals surface area contributed by atoms with E-state index >= 15 is 0 Å². The van der Waals surface area contributed by atoms with Gasteiger partial charge in [-0.25, -0.2) is 14.5 Å². The van der Waals surface area contributed by atoms with Gasteiger partial charge in [-0.2, -0.15) is 0 Å². The molecule has 1 aromatic carbocycles. The van der Waals surface area contributed by atoms with Crippen molar-refractivity contribution in [3.05, 3.63) is 56.8 Å². The Kier molecular flexibility index (Phi) is 4.75. The van der Waals surface area contributed by atoms with Gasteiger partial charge in [0, 0.05) is 30.1 Å². The van der Waals surface area contributed by atoms with Crippen molar-refractivity contribution in [3.8, 4) is 5.88 Å². The molecule has 0 aliphatic carbocycles. The van der Waals surface area contributed by atoms with Gasteiger partial charge in [-0.15, -0.1) is 5.10 Å². The molecule has 0 saturated carbocycles. The van der Waals surface area contributed by atoms with E-state index in [0.717, 1.165) is 22.1 Å². The average molecular weight is 408 g/mol. The molecule has 0 amide bonds. The largest absolute Gasteiger partial charge is 0.494 e. The van der Waals surface area contributed by atoms with Crippen molar-refractivity contribution in [3.63, 3.8) is 0 Å². The fraction of sp³-hybridized carbons (Fsp3) is 0.250. The molecule has 0 spiro atoms. The van der Waals surface area contributed by atoms with Gasteiger partial charge < -0.3 is 5.11 Å². The standard InChI is InChI=1S/C20H20N6O2S/c1-4-24-18(27)15(19(28)25(5-2)20(24)29)10-21-16-13-8-6-7-9-14(13)17-22-12(3)11-26(17)23-16/h6-11,27H,4-5H2,1-3H3. The minimum atomic E-state index is -0.382. The van der Waals surface area contributed by atoms with E-state index in [1.807, 2.05) is 51.2 Å². The Morgan fingerprint density at radius 1 is 1.17 bits per heavy atom. The van der Waals surface area contributed by atoms with Crippen LogP contribution >= 0.6 is 12.2 Å². The molecule has 148 valence electrons. The van der Waals surface area contributed by atoms with Gasteiger partial charge in [-0.1, -0.05) is 24.3 Å². The molecule has 29 heavy (non-hydrogen) atoms. The maximum absolute atomic E-state index is 12.8. The number of aryl methyl sites for hydroxylation is 1. The van der Waals surface area contributed by atoms with E-state index in [1.165, 1.54) is 15.3 Å². The second-order valence-corrected chi connectivity index (χ2v) is 6.96. The van der Waals surface area contributed by atoms with E-state index < -0.39 is 0 Å². The number of hydrogen-bond acceptors (Lipinski definition) is 6. The predicted molar refractivity (Wildman–Crippen MR) is 115 cm³/mol. The van der Waals surface area contributed by atoms with Crippen molar-refractivity contribution < 1.29 is 5.11 Å². The minimum absolute atomic E-state index is 0.0788. The minimum Gasteiger partial charge on any atom is -0.494 e. The molecule has 0 fully saturated rings. The smallest absolute Gasteiger partial charge is 0.267 e. The first-order valence-corrected chi connectivity index (χ1v) is 9.72. The Labute approximate surface area is 171 Å². The summed E-state index contributed by atoms with van der Waals surface area (Å²) < 4.78 is 4.91. The van der Waals surface area contributed by atoms with Crippen LogP contribution in [0.2, 0.25) is 0 Å². The number of fused-ring (bicyclic) bond motifs is 3. The lowest BCUT2D eigenvalue weighted by molar-refractivity contribution is 0.399. The molecule has 0 atom stereocenters. The summed E-state index contributed by atoms with van der Waals surface area (Å²) in [5, 5.41) is 16.8. The van der Waals surface area contributed by atoms with E-state index in [2.05, 4.69) is 15.1 Å². The Morgan fingerprint density at radius 2 is 1.86 bits per heavy atom. The molecule has 9 heteroatoms. The van der Waals surface area contributed by atoms with Crippen molar-refractivity contribution in [1.82, 2.24) is 23.7 Å². The number of rotatable bonds is 4. The van der Waals surface area contributed by atoms with E-state index in [9.17, 15) is 9.90 Å². The molecule has 4 rings (SSSR count). The molecular weight excluding hydrogens is 388 g/mol. The van der Waals surface area contributed by atoms with Crippen LogP contribution in [0.25, 0.3) is 16.4 Å². The van der Waals surface area contributed by atoms with E-state index in [1.54, 1.807) is 4.52 Å². The maximum atomic E-state index is 12.8. The summed E-state index contributed by atoms with van der Waals surface area (Å²) in [6, 6.07) is 7.68. The van der Waals surface area contributed by atoms with Gasteiger partial charge in [0.2, 0.25) is 5.88 Å². The number of nitrogens with zero attached hydrogens (tertiary/aromatic N) is 6. The Balaban J connectivity index is 1.96. The van der Waals surface area contributed by atoms with Crippen LogP contribution in [-0.2, 0) is 13.1 Å². The van der Waals surface area contributed by atoms with Crippen LogP contribution in [0.15, 0.2) is 40.2 Å². The average Bonchev–Trinajstić information content (AvgIpc) is 3.09. The highest BCUT2D eigenvalue weighted by molar-refractivity contribution is 7.71. The number of aliphatic imine (C=N–C) groups is 1. The number of aromatic nitrogens is 5. The highest BCUT2D eigenvalue weighted by Crippen LogP contribution is 2.27. The molecule has 0 saturated heterocycles. The Bertz CT molecular complexity index is 1400. The number of imidazole rings is 1. The monoisotopic (exact) mass is 408 g/mol. The van der Waals surface area contributed by atoms with Crippen molar-refractivity contribution in [2.45, 2.75) is 33.9 Å². The molecule has 3 heterocycles. The van der Waals surface area contributed by atoms with Crippen LogP contribution in [0.4, 0.5) is 5.82 Å². The third kappa shape index (κ3) is 3.03. The van der Waals surface area contributed by atoms with Gasteiger partial charge in [-0.3, -0.25) is 13.9 Å². The number of aromatic hydroxyl groups is 1. The summed E-state index contributed by atoms with van der Waals surface area (Å²) in [6.45, 7) is 6.43. The first-order valence-electron chi connectivity index (χ1n) is 9.31. The van der Waals surface area contributed by atoms with Crippen molar-refractivity contribution in [1.29, 1.82) is 0 Å². The fourth-order valence-electron chi connectivity index (χ4n) is 3.38. The van der Waals surface area contributed by atoms with E-state index in [-0.39, 0.29) is 21.8 Å². The molecule has 3 aromatic heterocycles. The summed E-state index contributed by atoms with van der Waals surface area (Å²) >= 11 is 5.32. The molecule has 0 bridgehead atoms. The molecular formula is C20H20N6O2S. The summed E-state index contributed by atoms with van der Waals surface area (Å²) in [5.74, 6) is 0.234. The van der Waals surface area contributed by atoms with Gasteiger partial charge in [0.25, 0.3) is 5.56 Å². The first kappa shape index (κ1) is 19.0. The van der Waals surface area contributed by atoms with Crippen LogP contribution in [0.3, 0.4) is 0 Å². The second-order valence-electron chi connectivity index (χ2n) is 6.59. The van der Waals surface area contributed by atoms with Crippen LogP contribution in [0, 0.1) is 11.7 Å². The lowest BCUT2D eigenvalue weighted by Gasteiger charge is -2.13. The Morgan fingerprint density at radius 3 is 2.55 bits per heavy atom. The molecule has 4 aromatic rings. The van der Waals surface area contributed by atoms with Crippen molar-refractivity contribution in [2.75, 3.05) is 0 Å². The van der Waals surface area contributed by atoms with Crippen LogP contribution < -0.4 is 5.56 Å². The SMILES string of the molecule is CCn1c(O)c(C=Nc2nn3cc(C)nc3c3ccccc23)c(=O)n(CC)c1=S. The zero-order valence-corrected chi connectivity index (χ0v) is 17.1. The summed E-state index contributed by atoms with van der Waals surface area (Å²) in [7, 11) is 0. The van der Waals surface area contributed by atoms with Gasteiger partial charge >= 0.3 is 0 Å². The van der Waals surface area contributed by atoms with Crippen LogP contribution in [-0.4, -0.2) is 35.1 Å². The van der Waals surface area contributed by atoms with Gasteiger partial charge in [-0.05, 0) is 33.0 Å². The first-order chi connectivity index (χ1) is 14.0. The van der Waals surface area contributed by atoms with E-state index in [0.29, 0.717) is 18.9 Å². The highest BCUT2D eigenvalue weighted by atomic mass is 32.1. The van der Waals surface area contributed by atoms with Crippen LogP contribution in [0.5, 0.6) is 5.88 Å². The number of hydrogen-bond donors (Lipinski definition) is 1. The maximum Gasteiger partial charge on any atom is 0.267 e. The van der Waals surface area contributed by atoms with Gasteiger partial charge in [0.05, 0.1) is 11.9 Å². The molecule has 0 aliphatic rings. The summed E-state index contributed by atoms with van der Waals surface area (Å²) in [6.07, 6.45) is 3.18. The highest BCUT2D eigenvalue weighted by Gasteiger charge is 2.15. The topological polar surface area (TPSA) is 89.7 Å². The molecule has 8 nitrogen and oxygen atoms in total. The second kappa shape index (κ2) is 7.25. The quantitative estimate of drug-likeness (QED) is 0.413. The Hall–Kier alpha value is -3.33. The summed E-state index contributed by atoms with van der Waals surface area (Å²) in [5.41, 5.74) is 1.28. The third-order valence-electron chi connectivity index (χ3n) is 4.80. The van der Waals surface area contributed by atoms with Crippen molar-refractivity contribution in [2.24, 2.45) is 4.99 Å². The molecule has 0 aliphatic heterocycles. The molecule has 0 radical (unpaired) electrons. The normalized spacial score (nSPS) is 11.8. The lowest BCUT2D eigenvalue weighted by Crippen LogP contribution is -2.27. The predicted octanol–water partition coefficient (Wildman–Crippen LogP) is 3.38. The fourth-order valence-corrected chi connectivity index (χ4v) is 3.81. The lowest BCUT2D eigenvalue weighted by atomic mass is 10.2. The van der Waals surface area contributed by atoms with Gasteiger partial charge in [0.1, 0.15) is 5.56 Å². The van der Waals surface area contributed by atoms with E-state index in [4.69, 9.17) is 12.2 Å². The van der Waals surface area contributed by atoms with Crippen molar-refractivity contribution >= 4 is 40.7 Å². The third-order valence-corrected chi connectivity index (χ3v) is 5.24. The van der Waals surface area contributed by atoms with Gasteiger partial charge in [0.15, 0.2) is 16.2 Å². The zero-order chi connectivity index (χ0) is 20.7. The summed E-state index contributed by atoms with van der Waals surface area (Å²) in [4.78, 5) is 21.8. The molecule has 0 unspecified atom stereocenters. The zero-order valence-electron chi connectivity index (χ0n) is 16.3. The number of benzene rings is 1. The van der Waals surface area contributed by atoms with Crippen LogP contribution in [0.1, 0.15) is 25.1 Å².